The van der Waals surface area contributed by atoms with Crippen molar-refractivity contribution in [2.45, 2.75) is 26.9 Å². The lowest BCUT2D eigenvalue weighted by Crippen LogP contribution is -2.01. The van der Waals surface area contributed by atoms with E-state index in [2.05, 4.69) is 4.98 Å². The lowest BCUT2D eigenvalue weighted by atomic mass is 10.1. The number of aryl methyl sites for hydroxylation is 1. The van der Waals surface area contributed by atoms with Gasteiger partial charge in [-0.15, -0.1) is 0 Å². The van der Waals surface area contributed by atoms with Crippen LogP contribution < -0.4 is 0 Å². The van der Waals surface area contributed by atoms with Crippen LogP contribution in [0.2, 0.25) is 0 Å². The fourth-order valence-electron chi connectivity index (χ4n) is 1.72. The van der Waals surface area contributed by atoms with E-state index in [1.807, 2.05) is 13.8 Å². The van der Waals surface area contributed by atoms with Crippen LogP contribution in [0.3, 0.4) is 0 Å². The second-order valence-electron chi connectivity index (χ2n) is 4.17. The number of hydrogen-bond donors (Lipinski definition) is 1. The van der Waals surface area contributed by atoms with Crippen LogP contribution in [-0.2, 0) is 0 Å². The summed E-state index contributed by atoms with van der Waals surface area (Å²) in [5.74, 6) is -0.357. The third-order valence-electron chi connectivity index (χ3n) is 2.97. The van der Waals surface area contributed by atoms with Gasteiger partial charge in [0.15, 0.2) is 0 Å². The Hall–Kier alpha value is -1.68. The van der Waals surface area contributed by atoms with Gasteiger partial charge in [0.2, 0.25) is 0 Å². The van der Waals surface area contributed by atoms with Crippen molar-refractivity contribution in [3.8, 4) is 5.69 Å². The van der Waals surface area contributed by atoms with Gasteiger partial charge >= 0.3 is 0 Å². The molecule has 1 heterocycles. The van der Waals surface area contributed by atoms with Gasteiger partial charge in [-0.05, 0) is 38.5 Å². The zero-order chi connectivity index (χ0) is 12.6. The molecular weight excluding hydrogens is 219 g/mol. The van der Waals surface area contributed by atoms with Gasteiger partial charge in [0.05, 0.1) is 23.8 Å². The molecule has 0 bridgehead atoms. The normalized spacial score (nSPS) is 12.8. The van der Waals surface area contributed by atoms with Crippen molar-refractivity contribution < 1.29 is 9.50 Å². The second kappa shape index (κ2) is 4.30. The molecule has 3 nitrogen and oxygen atoms in total. The average Bonchev–Trinajstić information content (AvgIpc) is 2.60. The van der Waals surface area contributed by atoms with Gasteiger partial charge in [0, 0.05) is 5.69 Å². The number of halogens is 1. The number of benzene rings is 1. The van der Waals surface area contributed by atoms with Gasteiger partial charge in [0.25, 0.3) is 0 Å². The highest BCUT2D eigenvalue weighted by Gasteiger charge is 2.11. The molecule has 1 aromatic heterocycles. The molecule has 1 atom stereocenters. The Bertz CT molecular complexity index is 546. The van der Waals surface area contributed by atoms with Crippen molar-refractivity contribution in [3.63, 3.8) is 0 Å². The lowest BCUT2D eigenvalue weighted by molar-refractivity contribution is 0.199. The fourth-order valence-corrected chi connectivity index (χ4v) is 1.72. The van der Waals surface area contributed by atoms with Gasteiger partial charge in [0.1, 0.15) is 5.82 Å². The molecule has 90 valence electrons. The minimum atomic E-state index is -0.663. The molecular formula is C13H15FN2O. The van der Waals surface area contributed by atoms with E-state index in [9.17, 15) is 9.50 Å². The number of hydrogen-bond acceptors (Lipinski definition) is 2. The van der Waals surface area contributed by atoms with E-state index >= 15 is 0 Å². The molecule has 0 saturated carbocycles. The maximum Gasteiger partial charge on any atom is 0.147 e. The number of imidazole rings is 1. The van der Waals surface area contributed by atoms with Gasteiger partial charge < -0.3 is 9.67 Å². The summed E-state index contributed by atoms with van der Waals surface area (Å²) in [6, 6.07) is 4.73. The Morgan fingerprint density at radius 1 is 1.35 bits per heavy atom. The Labute approximate surface area is 99.5 Å². The Balaban J connectivity index is 2.50. The summed E-state index contributed by atoms with van der Waals surface area (Å²) in [5, 5.41) is 9.38. The van der Waals surface area contributed by atoms with Crippen LogP contribution in [0.25, 0.3) is 5.69 Å². The first kappa shape index (κ1) is 11.8. The summed E-state index contributed by atoms with van der Waals surface area (Å²) in [5.41, 5.74) is 2.81. The molecule has 0 aliphatic heterocycles. The summed E-state index contributed by atoms with van der Waals surface area (Å²) >= 11 is 0. The lowest BCUT2D eigenvalue weighted by Gasteiger charge is -2.10. The van der Waals surface area contributed by atoms with E-state index in [4.69, 9.17) is 0 Å². The maximum atomic E-state index is 13.9. The number of aliphatic hydroxyl groups excluding tert-OH is 1. The van der Waals surface area contributed by atoms with Gasteiger partial charge in [-0.2, -0.15) is 0 Å². The SMILES string of the molecule is Cc1ncn(-c2ccc([C@H](C)O)cc2F)c1C. The highest BCUT2D eigenvalue weighted by molar-refractivity contribution is 5.39. The van der Waals surface area contributed by atoms with Crippen LogP contribution in [-0.4, -0.2) is 14.7 Å². The van der Waals surface area contributed by atoms with E-state index in [1.54, 1.807) is 30.0 Å². The van der Waals surface area contributed by atoms with Crippen LogP contribution in [0.5, 0.6) is 0 Å². The fraction of sp³-hybridized carbons (Fsp3) is 0.308. The molecule has 0 unspecified atom stereocenters. The molecule has 0 spiro atoms. The Morgan fingerprint density at radius 3 is 2.53 bits per heavy atom. The second-order valence-corrected chi connectivity index (χ2v) is 4.17. The van der Waals surface area contributed by atoms with Crippen LogP contribution in [0.1, 0.15) is 30.0 Å². The summed E-state index contributed by atoms with van der Waals surface area (Å²) in [6.07, 6.45) is 0.940. The Kier molecular flexibility index (Phi) is 2.98. The first-order chi connectivity index (χ1) is 8.00. The van der Waals surface area contributed by atoms with Crippen molar-refractivity contribution in [1.82, 2.24) is 9.55 Å². The van der Waals surface area contributed by atoms with Crippen molar-refractivity contribution in [2.75, 3.05) is 0 Å². The molecule has 0 aliphatic carbocycles. The molecule has 4 heteroatoms. The van der Waals surface area contributed by atoms with E-state index in [0.29, 0.717) is 11.3 Å². The minimum Gasteiger partial charge on any atom is -0.389 e. The minimum absolute atomic E-state index is 0.357. The first-order valence-electron chi connectivity index (χ1n) is 5.49. The van der Waals surface area contributed by atoms with E-state index < -0.39 is 6.10 Å². The molecule has 0 radical (unpaired) electrons. The van der Waals surface area contributed by atoms with E-state index in [-0.39, 0.29) is 5.82 Å². The highest BCUT2D eigenvalue weighted by Crippen LogP contribution is 2.21. The summed E-state index contributed by atoms with van der Waals surface area (Å²) < 4.78 is 15.6. The number of rotatable bonds is 2. The van der Waals surface area contributed by atoms with Gasteiger partial charge in [-0.3, -0.25) is 0 Å². The maximum absolute atomic E-state index is 13.9. The van der Waals surface area contributed by atoms with E-state index in [1.165, 1.54) is 6.07 Å². The molecule has 0 fully saturated rings. The van der Waals surface area contributed by atoms with Crippen molar-refractivity contribution in [1.29, 1.82) is 0 Å². The molecule has 2 rings (SSSR count). The molecule has 2 aromatic rings. The molecule has 17 heavy (non-hydrogen) atoms. The standard InChI is InChI=1S/C13H15FN2O/c1-8-9(2)16(7-15-8)13-5-4-11(10(3)17)6-12(13)14/h4-7,10,17H,1-3H3/t10-/m0/s1. The van der Waals surface area contributed by atoms with Crippen LogP contribution in [0.4, 0.5) is 4.39 Å². The van der Waals surface area contributed by atoms with Crippen LogP contribution >= 0.6 is 0 Å². The number of nitrogens with zero attached hydrogens (tertiary/aromatic N) is 2. The summed E-state index contributed by atoms with van der Waals surface area (Å²) in [6.45, 7) is 5.39. The van der Waals surface area contributed by atoms with Gasteiger partial charge in [-0.1, -0.05) is 6.07 Å². The van der Waals surface area contributed by atoms with Crippen LogP contribution in [0, 0.1) is 19.7 Å². The Morgan fingerprint density at radius 2 is 2.06 bits per heavy atom. The molecule has 0 saturated heterocycles. The zero-order valence-corrected chi connectivity index (χ0v) is 10.1. The third kappa shape index (κ3) is 2.08. The average molecular weight is 234 g/mol. The largest absolute Gasteiger partial charge is 0.389 e. The van der Waals surface area contributed by atoms with Crippen molar-refractivity contribution in [3.05, 3.63) is 47.3 Å². The van der Waals surface area contributed by atoms with E-state index in [0.717, 1.165) is 11.4 Å². The molecule has 1 N–H and O–H groups in total. The number of aliphatic hydroxyl groups is 1. The highest BCUT2D eigenvalue weighted by atomic mass is 19.1. The van der Waals surface area contributed by atoms with Crippen LogP contribution in [0.15, 0.2) is 24.5 Å². The third-order valence-corrected chi connectivity index (χ3v) is 2.97. The topological polar surface area (TPSA) is 38.0 Å². The van der Waals surface area contributed by atoms with Gasteiger partial charge in [-0.25, -0.2) is 9.37 Å². The van der Waals surface area contributed by atoms with Crippen molar-refractivity contribution >= 4 is 0 Å². The summed E-state index contributed by atoms with van der Waals surface area (Å²) in [4.78, 5) is 4.14. The first-order valence-corrected chi connectivity index (χ1v) is 5.49. The molecule has 1 aromatic carbocycles. The summed E-state index contributed by atoms with van der Waals surface area (Å²) in [7, 11) is 0. The number of aromatic nitrogens is 2. The smallest absolute Gasteiger partial charge is 0.147 e. The quantitative estimate of drug-likeness (QED) is 0.867. The predicted octanol–water partition coefficient (Wildman–Crippen LogP) is 2.68. The molecule has 0 aliphatic rings. The predicted molar refractivity (Wildman–Crippen MR) is 63.6 cm³/mol. The zero-order valence-electron chi connectivity index (χ0n) is 10.1. The van der Waals surface area contributed by atoms with Crippen molar-refractivity contribution in [2.24, 2.45) is 0 Å². The molecule has 0 amide bonds. The monoisotopic (exact) mass is 234 g/mol.